The first kappa shape index (κ1) is 7.15. The van der Waals surface area contributed by atoms with E-state index in [4.69, 9.17) is 11.6 Å². The van der Waals surface area contributed by atoms with E-state index in [2.05, 4.69) is 9.97 Å². The summed E-state index contributed by atoms with van der Waals surface area (Å²) in [6.45, 7) is 1.74. The van der Waals surface area contributed by atoms with Crippen LogP contribution in [0.2, 0.25) is 0 Å². The molecule has 1 heterocycles. The van der Waals surface area contributed by atoms with Gasteiger partial charge in [-0.05, 0) is 18.5 Å². The zero-order valence-corrected chi connectivity index (χ0v) is 6.09. The molecular weight excluding hydrogens is 152 g/mol. The number of nitrogens with zero attached hydrogens (tertiary/aromatic N) is 2. The van der Waals surface area contributed by atoms with E-state index in [1.54, 1.807) is 6.92 Å². The van der Waals surface area contributed by atoms with Crippen LogP contribution in [0.4, 0.5) is 0 Å². The van der Waals surface area contributed by atoms with Crippen LogP contribution in [0.15, 0.2) is 12.4 Å². The molecule has 0 N–H and O–H groups in total. The second-order valence-electron chi connectivity index (χ2n) is 1.79. The van der Waals surface area contributed by atoms with Crippen molar-refractivity contribution in [1.29, 1.82) is 0 Å². The summed E-state index contributed by atoms with van der Waals surface area (Å²) in [5.74, 6) is 0.627. The number of carbonyl (C=O) groups excluding carboxylic acids is 1. The Balaban J connectivity index is 3.00. The smallest absolute Gasteiger partial charge is 0.255 e. The largest absolute Gasteiger partial charge is 0.275 e. The molecular formula is C6H5ClN2O. The van der Waals surface area contributed by atoms with Crippen LogP contribution in [-0.4, -0.2) is 15.2 Å². The highest BCUT2D eigenvalue weighted by atomic mass is 35.5. The van der Waals surface area contributed by atoms with Gasteiger partial charge in [0.2, 0.25) is 0 Å². The predicted molar refractivity (Wildman–Crippen MR) is 37.0 cm³/mol. The van der Waals surface area contributed by atoms with Crippen molar-refractivity contribution in [2.24, 2.45) is 0 Å². The van der Waals surface area contributed by atoms with Gasteiger partial charge in [0.05, 0.1) is 5.56 Å². The first-order chi connectivity index (χ1) is 4.70. The van der Waals surface area contributed by atoms with E-state index >= 15 is 0 Å². The van der Waals surface area contributed by atoms with Crippen molar-refractivity contribution >= 4 is 16.8 Å². The molecule has 1 aromatic heterocycles. The average Bonchev–Trinajstić information content (AvgIpc) is 1.88. The van der Waals surface area contributed by atoms with E-state index in [0.717, 1.165) is 0 Å². The van der Waals surface area contributed by atoms with Crippen molar-refractivity contribution in [2.45, 2.75) is 6.92 Å². The quantitative estimate of drug-likeness (QED) is 0.573. The number of aryl methyl sites for hydroxylation is 1. The average molecular weight is 157 g/mol. The Morgan fingerprint density at radius 3 is 2.40 bits per heavy atom. The van der Waals surface area contributed by atoms with Crippen molar-refractivity contribution in [1.82, 2.24) is 9.97 Å². The number of hydrogen-bond acceptors (Lipinski definition) is 3. The van der Waals surface area contributed by atoms with E-state index in [1.807, 2.05) is 0 Å². The third kappa shape index (κ3) is 1.51. The van der Waals surface area contributed by atoms with Crippen LogP contribution in [0.3, 0.4) is 0 Å². The van der Waals surface area contributed by atoms with Crippen molar-refractivity contribution in [2.75, 3.05) is 0 Å². The SMILES string of the molecule is Cc1ncc(C(=O)Cl)cn1. The molecule has 0 aliphatic carbocycles. The summed E-state index contributed by atoms with van der Waals surface area (Å²) < 4.78 is 0. The molecule has 0 spiro atoms. The van der Waals surface area contributed by atoms with Crippen molar-refractivity contribution < 1.29 is 4.79 Å². The Labute approximate surface area is 63.1 Å². The Morgan fingerprint density at radius 2 is 2.00 bits per heavy atom. The van der Waals surface area contributed by atoms with Crippen LogP contribution in [0, 0.1) is 6.92 Å². The predicted octanol–water partition coefficient (Wildman–Crippen LogP) is 1.16. The molecule has 0 saturated heterocycles. The van der Waals surface area contributed by atoms with Crippen LogP contribution in [0.1, 0.15) is 16.2 Å². The zero-order chi connectivity index (χ0) is 7.56. The molecule has 1 aromatic rings. The van der Waals surface area contributed by atoms with E-state index in [0.29, 0.717) is 11.4 Å². The molecule has 0 radical (unpaired) electrons. The summed E-state index contributed by atoms with van der Waals surface area (Å²) in [6.07, 6.45) is 2.80. The van der Waals surface area contributed by atoms with Gasteiger partial charge in [0, 0.05) is 12.4 Å². The van der Waals surface area contributed by atoms with Crippen LogP contribution >= 0.6 is 11.6 Å². The highest BCUT2D eigenvalue weighted by Crippen LogP contribution is 1.99. The zero-order valence-electron chi connectivity index (χ0n) is 5.34. The molecule has 0 aliphatic heterocycles. The Hall–Kier alpha value is -0.960. The van der Waals surface area contributed by atoms with Gasteiger partial charge in [-0.15, -0.1) is 0 Å². The van der Waals surface area contributed by atoms with Gasteiger partial charge in [0.25, 0.3) is 5.24 Å². The molecule has 52 valence electrons. The van der Waals surface area contributed by atoms with Crippen LogP contribution in [0.25, 0.3) is 0 Å². The Kier molecular flexibility index (Phi) is 1.97. The van der Waals surface area contributed by atoms with Gasteiger partial charge in [-0.2, -0.15) is 0 Å². The van der Waals surface area contributed by atoms with Gasteiger partial charge in [-0.3, -0.25) is 4.79 Å². The van der Waals surface area contributed by atoms with Crippen molar-refractivity contribution in [3.63, 3.8) is 0 Å². The fraction of sp³-hybridized carbons (Fsp3) is 0.167. The fourth-order valence-corrected chi connectivity index (χ4v) is 0.592. The van der Waals surface area contributed by atoms with E-state index in [9.17, 15) is 4.79 Å². The van der Waals surface area contributed by atoms with Crippen LogP contribution in [-0.2, 0) is 0 Å². The number of carbonyl (C=O) groups is 1. The number of halogens is 1. The van der Waals surface area contributed by atoms with E-state index in [-0.39, 0.29) is 0 Å². The maximum Gasteiger partial charge on any atom is 0.255 e. The molecule has 0 aliphatic rings. The molecule has 0 atom stereocenters. The van der Waals surface area contributed by atoms with Crippen molar-refractivity contribution in [3.05, 3.63) is 23.8 Å². The lowest BCUT2D eigenvalue weighted by Crippen LogP contribution is -1.93. The van der Waals surface area contributed by atoms with Crippen LogP contribution < -0.4 is 0 Å². The monoisotopic (exact) mass is 156 g/mol. The van der Waals surface area contributed by atoms with Gasteiger partial charge in [0.15, 0.2) is 0 Å². The maximum atomic E-state index is 10.4. The molecule has 0 unspecified atom stereocenters. The van der Waals surface area contributed by atoms with E-state index < -0.39 is 5.24 Å². The molecule has 3 nitrogen and oxygen atoms in total. The van der Waals surface area contributed by atoms with Gasteiger partial charge in [0.1, 0.15) is 5.82 Å². The summed E-state index contributed by atoms with van der Waals surface area (Å²) in [4.78, 5) is 18.0. The lowest BCUT2D eigenvalue weighted by Gasteiger charge is -1.90. The molecule has 0 saturated carbocycles. The highest BCUT2D eigenvalue weighted by Gasteiger charge is 2.00. The number of rotatable bonds is 1. The molecule has 0 fully saturated rings. The fourth-order valence-electron chi connectivity index (χ4n) is 0.494. The summed E-state index contributed by atoms with van der Waals surface area (Å²) in [5, 5.41) is -0.528. The second-order valence-corrected chi connectivity index (χ2v) is 2.14. The molecule has 4 heteroatoms. The maximum absolute atomic E-state index is 10.4. The van der Waals surface area contributed by atoms with Gasteiger partial charge >= 0.3 is 0 Å². The minimum absolute atomic E-state index is 0.326. The topological polar surface area (TPSA) is 42.9 Å². The lowest BCUT2D eigenvalue weighted by atomic mass is 10.4. The van der Waals surface area contributed by atoms with E-state index in [1.165, 1.54) is 12.4 Å². The lowest BCUT2D eigenvalue weighted by molar-refractivity contribution is 0.108. The third-order valence-corrected chi connectivity index (χ3v) is 1.23. The second kappa shape index (κ2) is 2.75. The minimum atomic E-state index is -0.528. The van der Waals surface area contributed by atoms with Gasteiger partial charge in [-0.25, -0.2) is 9.97 Å². The molecule has 0 aromatic carbocycles. The Bertz CT molecular complexity index is 244. The van der Waals surface area contributed by atoms with Crippen molar-refractivity contribution in [3.8, 4) is 0 Å². The van der Waals surface area contributed by atoms with Gasteiger partial charge < -0.3 is 0 Å². The molecule has 10 heavy (non-hydrogen) atoms. The standard InChI is InChI=1S/C6H5ClN2O/c1-4-8-2-5(3-9-4)6(7)10/h2-3H,1H3. The first-order valence-electron chi connectivity index (χ1n) is 2.68. The summed E-state index contributed by atoms with van der Waals surface area (Å²) in [6, 6.07) is 0. The van der Waals surface area contributed by atoms with Crippen LogP contribution in [0.5, 0.6) is 0 Å². The summed E-state index contributed by atoms with van der Waals surface area (Å²) in [7, 11) is 0. The third-order valence-electron chi connectivity index (χ3n) is 1.01. The molecule has 0 bridgehead atoms. The number of hydrogen-bond donors (Lipinski definition) is 0. The Morgan fingerprint density at radius 1 is 1.50 bits per heavy atom. The molecule has 0 amide bonds. The minimum Gasteiger partial charge on any atom is -0.275 e. The molecule has 1 rings (SSSR count). The first-order valence-corrected chi connectivity index (χ1v) is 3.06. The van der Waals surface area contributed by atoms with Gasteiger partial charge in [-0.1, -0.05) is 0 Å². The summed E-state index contributed by atoms with van der Waals surface area (Å²) >= 11 is 5.14. The normalized spacial score (nSPS) is 9.40. The highest BCUT2D eigenvalue weighted by molar-refractivity contribution is 6.67. The summed E-state index contributed by atoms with van der Waals surface area (Å²) in [5.41, 5.74) is 0.326. The number of aromatic nitrogens is 2.